The molecule has 0 bridgehead atoms. The summed E-state index contributed by atoms with van der Waals surface area (Å²) < 4.78 is 8.04. The molecule has 1 aromatic carbocycles. The predicted molar refractivity (Wildman–Crippen MR) is 90.5 cm³/mol. The third kappa shape index (κ3) is 3.31. The van der Waals surface area contributed by atoms with Gasteiger partial charge in [0, 0.05) is 23.5 Å². The number of rotatable bonds is 3. The zero-order valence-corrected chi connectivity index (χ0v) is 15.2. The molecule has 21 heavy (non-hydrogen) atoms. The lowest BCUT2D eigenvalue weighted by molar-refractivity contribution is 0.411. The molecule has 1 aromatic heterocycles. The Bertz CT molecular complexity index is 654. The Balaban J connectivity index is 2.50. The van der Waals surface area contributed by atoms with Crippen molar-refractivity contribution < 1.29 is 4.74 Å². The van der Waals surface area contributed by atoms with Gasteiger partial charge in [0.2, 0.25) is 5.88 Å². The summed E-state index contributed by atoms with van der Waals surface area (Å²) in [6.07, 6.45) is 0. The van der Waals surface area contributed by atoms with E-state index < -0.39 is 0 Å². The average molecular weight is 351 g/mol. The van der Waals surface area contributed by atoms with Crippen LogP contribution >= 0.6 is 15.9 Å². The predicted octanol–water partition coefficient (Wildman–Crippen LogP) is 5.02. The van der Waals surface area contributed by atoms with E-state index in [4.69, 9.17) is 4.74 Å². The SMILES string of the molecule is Cc1ccc(Oc2c(CBr)c(C)nn2C)c(C(C)(C)C)c1. The number of ether oxygens (including phenoxy) is 1. The van der Waals surface area contributed by atoms with E-state index in [0.29, 0.717) is 0 Å². The Hall–Kier alpha value is -1.29. The molecule has 114 valence electrons. The quantitative estimate of drug-likeness (QED) is 0.726. The molecule has 1 heterocycles. The molecule has 0 aliphatic rings. The number of hydrogen-bond acceptors (Lipinski definition) is 2. The van der Waals surface area contributed by atoms with Crippen LogP contribution in [0.1, 0.15) is 43.2 Å². The van der Waals surface area contributed by atoms with Crippen molar-refractivity contribution in [2.75, 3.05) is 0 Å². The van der Waals surface area contributed by atoms with Gasteiger partial charge >= 0.3 is 0 Å². The van der Waals surface area contributed by atoms with Crippen molar-refractivity contribution in [1.29, 1.82) is 0 Å². The van der Waals surface area contributed by atoms with E-state index in [2.05, 4.69) is 66.9 Å². The second kappa shape index (κ2) is 5.84. The van der Waals surface area contributed by atoms with Crippen LogP contribution in [0.15, 0.2) is 18.2 Å². The fraction of sp³-hybridized carbons (Fsp3) is 0.471. The summed E-state index contributed by atoms with van der Waals surface area (Å²) in [7, 11) is 1.92. The lowest BCUT2D eigenvalue weighted by Crippen LogP contribution is -2.13. The number of alkyl halides is 1. The van der Waals surface area contributed by atoms with Crippen molar-refractivity contribution in [3.8, 4) is 11.6 Å². The van der Waals surface area contributed by atoms with Crippen LogP contribution in [0.25, 0.3) is 0 Å². The minimum Gasteiger partial charge on any atom is -0.439 e. The van der Waals surface area contributed by atoms with Crippen LogP contribution in [0.3, 0.4) is 0 Å². The zero-order valence-electron chi connectivity index (χ0n) is 13.6. The summed E-state index contributed by atoms with van der Waals surface area (Å²) in [6, 6.07) is 6.34. The molecular formula is C17H23BrN2O. The molecule has 0 fully saturated rings. The highest BCUT2D eigenvalue weighted by Crippen LogP contribution is 2.36. The Morgan fingerprint density at radius 1 is 1.24 bits per heavy atom. The van der Waals surface area contributed by atoms with Crippen LogP contribution in [0.4, 0.5) is 0 Å². The van der Waals surface area contributed by atoms with E-state index in [0.717, 1.165) is 28.2 Å². The van der Waals surface area contributed by atoms with Crippen molar-refractivity contribution in [2.45, 2.75) is 45.4 Å². The molecule has 2 rings (SSSR count). The van der Waals surface area contributed by atoms with Gasteiger partial charge in [-0.15, -0.1) is 0 Å². The fourth-order valence-electron chi connectivity index (χ4n) is 2.39. The van der Waals surface area contributed by atoms with Crippen molar-refractivity contribution in [3.05, 3.63) is 40.6 Å². The summed E-state index contributed by atoms with van der Waals surface area (Å²) >= 11 is 3.52. The minimum absolute atomic E-state index is 0.0313. The molecule has 0 atom stereocenters. The van der Waals surface area contributed by atoms with Gasteiger partial charge in [0.25, 0.3) is 0 Å². The van der Waals surface area contributed by atoms with E-state index in [1.54, 1.807) is 4.68 Å². The van der Waals surface area contributed by atoms with Crippen LogP contribution in [0.5, 0.6) is 11.6 Å². The first-order valence-corrected chi connectivity index (χ1v) is 8.23. The highest BCUT2D eigenvalue weighted by atomic mass is 79.9. The molecule has 0 saturated carbocycles. The van der Waals surface area contributed by atoms with E-state index in [1.165, 1.54) is 11.1 Å². The molecule has 4 heteroatoms. The van der Waals surface area contributed by atoms with Gasteiger partial charge in [0.1, 0.15) is 5.75 Å². The van der Waals surface area contributed by atoms with Crippen LogP contribution in [-0.4, -0.2) is 9.78 Å². The lowest BCUT2D eigenvalue weighted by Gasteiger charge is -2.23. The second-order valence-electron chi connectivity index (χ2n) is 6.48. The molecule has 3 nitrogen and oxygen atoms in total. The van der Waals surface area contributed by atoms with Gasteiger partial charge in [-0.3, -0.25) is 0 Å². The monoisotopic (exact) mass is 350 g/mol. The smallest absolute Gasteiger partial charge is 0.221 e. The minimum atomic E-state index is 0.0313. The molecule has 0 spiro atoms. The number of hydrogen-bond donors (Lipinski definition) is 0. The van der Waals surface area contributed by atoms with Crippen LogP contribution in [-0.2, 0) is 17.8 Å². The van der Waals surface area contributed by atoms with Gasteiger partial charge in [0.15, 0.2) is 0 Å². The molecule has 2 aromatic rings. The molecule has 0 aliphatic carbocycles. The number of aryl methyl sites for hydroxylation is 3. The fourth-order valence-corrected chi connectivity index (χ4v) is 3.03. The van der Waals surface area contributed by atoms with Crippen molar-refractivity contribution in [3.63, 3.8) is 0 Å². The Labute approximate surface area is 135 Å². The number of halogens is 1. The van der Waals surface area contributed by atoms with Crippen LogP contribution in [0, 0.1) is 13.8 Å². The standard InChI is InChI=1S/C17H23BrN2O/c1-11-7-8-15(14(9-11)17(3,4)5)21-16-13(10-18)12(2)19-20(16)6/h7-9H,10H2,1-6H3. The van der Waals surface area contributed by atoms with E-state index in [1.807, 2.05) is 14.0 Å². The summed E-state index contributed by atoms with van der Waals surface area (Å²) in [5.74, 6) is 1.71. The highest BCUT2D eigenvalue weighted by molar-refractivity contribution is 9.08. The summed E-state index contributed by atoms with van der Waals surface area (Å²) in [5, 5.41) is 5.18. The topological polar surface area (TPSA) is 27.1 Å². The van der Waals surface area contributed by atoms with Gasteiger partial charge in [-0.2, -0.15) is 5.10 Å². The Morgan fingerprint density at radius 2 is 1.90 bits per heavy atom. The van der Waals surface area contributed by atoms with Crippen molar-refractivity contribution in [1.82, 2.24) is 9.78 Å². The van der Waals surface area contributed by atoms with E-state index in [9.17, 15) is 0 Å². The van der Waals surface area contributed by atoms with Gasteiger partial charge in [-0.1, -0.05) is 54.4 Å². The number of benzene rings is 1. The summed E-state index contributed by atoms with van der Waals surface area (Å²) in [6.45, 7) is 10.7. The first-order valence-electron chi connectivity index (χ1n) is 7.11. The Kier molecular flexibility index (Phi) is 4.47. The first kappa shape index (κ1) is 16.1. The van der Waals surface area contributed by atoms with Crippen LogP contribution < -0.4 is 4.74 Å². The molecule has 0 unspecified atom stereocenters. The van der Waals surface area contributed by atoms with E-state index in [-0.39, 0.29) is 5.41 Å². The third-order valence-electron chi connectivity index (χ3n) is 3.57. The van der Waals surface area contributed by atoms with Crippen molar-refractivity contribution in [2.24, 2.45) is 7.05 Å². The number of nitrogens with zero attached hydrogens (tertiary/aromatic N) is 2. The van der Waals surface area contributed by atoms with Gasteiger partial charge in [-0.25, -0.2) is 4.68 Å². The van der Waals surface area contributed by atoms with Gasteiger partial charge < -0.3 is 4.74 Å². The summed E-state index contributed by atoms with van der Waals surface area (Å²) in [4.78, 5) is 0. The molecular weight excluding hydrogens is 328 g/mol. The first-order chi connectivity index (χ1) is 9.74. The molecule has 0 amide bonds. The maximum absolute atomic E-state index is 6.24. The molecule has 0 N–H and O–H groups in total. The average Bonchev–Trinajstić information content (AvgIpc) is 2.64. The third-order valence-corrected chi connectivity index (χ3v) is 4.13. The highest BCUT2D eigenvalue weighted by Gasteiger charge is 2.22. The zero-order chi connectivity index (χ0) is 15.8. The van der Waals surface area contributed by atoms with Crippen molar-refractivity contribution >= 4 is 15.9 Å². The second-order valence-corrected chi connectivity index (χ2v) is 7.04. The molecule has 0 saturated heterocycles. The molecule has 0 aliphatic heterocycles. The summed E-state index contributed by atoms with van der Waals surface area (Å²) in [5.41, 5.74) is 4.58. The van der Waals surface area contributed by atoms with Crippen LogP contribution in [0.2, 0.25) is 0 Å². The maximum Gasteiger partial charge on any atom is 0.221 e. The van der Waals surface area contributed by atoms with Gasteiger partial charge in [-0.05, 0) is 25.3 Å². The maximum atomic E-state index is 6.24. The normalized spacial score (nSPS) is 11.8. The van der Waals surface area contributed by atoms with E-state index >= 15 is 0 Å². The van der Waals surface area contributed by atoms with Gasteiger partial charge in [0.05, 0.1) is 5.69 Å². The Morgan fingerprint density at radius 3 is 2.48 bits per heavy atom. The largest absolute Gasteiger partial charge is 0.439 e. The number of aromatic nitrogens is 2. The lowest BCUT2D eigenvalue weighted by atomic mass is 9.85. The molecule has 0 radical (unpaired) electrons.